The zero-order valence-electron chi connectivity index (χ0n) is 8.42. The van der Waals surface area contributed by atoms with Crippen LogP contribution in [0, 0.1) is 24.7 Å². The van der Waals surface area contributed by atoms with Gasteiger partial charge in [0.15, 0.2) is 0 Å². The molecule has 1 aliphatic heterocycles. The Balaban J connectivity index is 0.00000121. The van der Waals surface area contributed by atoms with Gasteiger partial charge in [0.05, 0.1) is 0 Å². The van der Waals surface area contributed by atoms with E-state index in [-0.39, 0.29) is 21.1 Å². The van der Waals surface area contributed by atoms with Crippen molar-refractivity contribution in [2.24, 2.45) is 17.8 Å². The molecule has 70 valence electrons. The van der Waals surface area contributed by atoms with Gasteiger partial charge in [-0.05, 0) is 19.6 Å². The summed E-state index contributed by atoms with van der Waals surface area (Å²) in [6, 6.07) is 0. The molecule has 0 radical (unpaired) electrons. The third-order valence-corrected chi connectivity index (χ3v) is 3.00. The molecule has 1 rings (SSSR count). The molecule has 2 unspecified atom stereocenters. The Morgan fingerprint density at radius 2 is 1.67 bits per heavy atom. The first-order valence-corrected chi connectivity index (χ1v) is 4.70. The van der Waals surface area contributed by atoms with Crippen molar-refractivity contribution in [3.63, 3.8) is 0 Å². The first-order valence-electron chi connectivity index (χ1n) is 4.70. The van der Waals surface area contributed by atoms with Crippen molar-refractivity contribution in [1.29, 1.82) is 0 Å². The van der Waals surface area contributed by atoms with E-state index in [9.17, 15) is 0 Å². The van der Waals surface area contributed by atoms with Gasteiger partial charge < -0.3 is 11.8 Å². The van der Waals surface area contributed by atoms with E-state index in [0.29, 0.717) is 5.92 Å². The number of rotatable bonds is 1. The summed E-state index contributed by atoms with van der Waals surface area (Å²) < 4.78 is 0. The molecule has 0 aromatic carbocycles. The first kappa shape index (κ1) is 12.6. The van der Waals surface area contributed by atoms with Gasteiger partial charge in [-0.2, -0.15) is 5.92 Å². The van der Waals surface area contributed by atoms with Crippen LogP contribution in [0.2, 0.25) is 0 Å². The molecule has 0 aromatic heterocycles. The van der Waals surface area contributed by atoms with Gasteiger partial charge in [0.25, 0.3) is 0 Å². The Morgan fingerprint density at radius 1 is 1.25 bits per heavy atom. The summed E-state index contributed by atoms with van der Waals surface area (Å²) in [5.41, 5.74) is 0. The molecule has 0 saturated carbocycles. The predicted molar refractivity (Wildman–Crippen MR) is 49.3 cm³/mol. The molecule has 2 atom stereocenters. The van der Waals surface area contributed by atoms with Crippen LogP contribution in [0.4, 0.5) is 0 Å². The van der Waals surface area contributed by atoms with Crippen LogP contribution < -0.4 is 0 Å². The van der Waals surface area contributed by atoms with Crippen molar-refractivity contribution in [2.75, 3.05) is 19.6 Å². The number of hydrogen-bond acceptors (Lipinski definition) is 1. The molecule has 0 N–H and O–H groups in total. The van der Waals surface area contributed by atoms with Crippen molar-refractivity contribution in [3.8, 4) is 0 Å². The maximum absolute atomic E-state index is 4.20. The van der Waals surface area contributed by atoms with Gasteiger partial charge >= 0.3 is 21.1 Å². The van der Waals surface area contributed by atoms with Crippen molar-refractivity contribution in [2.45, 2.75) is 20.8 Å². The van der Waals surface area contributed by atoms with Crippen LogP contribution in [-0.2, 0) is 21.1 Å². The molecule has 0 spiro atoms. The molecular weight excluding hydrogens is 318 g/mol. The predicted octanol–water partition coefficient (Wildman–Crippen LogP) is 2.04. The molecule has 0 aromatic rings. The zero-order valence-corrected chi connectivity index (χ0v) is 11.3. The molecular formula is C10H20NW+. The third-order valence-electron chi connectivity index (χ3n) is 3.00. The topological polar surface area (TPSA) is 3.24 Å². The van der Waals surface area contributed by atoms with Gasteiger partial charge in [0, 0.05) is 0 Å². The van der Waals surface area contributed by atoms with Crippen molar-refractivity contribution >= 4 is 0 Å². The molecule has 12 heavy (non-hydrogen) atoms. The molecule has 0 amide bonds. The minimum absolute atomic E-state index is 0. The minimum atomic E-state index is 0. The SMILES string of the molecule is [CH2-]C1C(C)CN(CC)CC1C.[W+2]. The van der Waals surface area contributed by atoms with Gasteiger partial charge in [-0.15, -0.1) is 0 Å². The molecule has 1 heterocycles. The fraction of sp³-hybridized carbons (Fsp3) is 0.900. The zero-order chi connectivity index (χ0) is 8.43. The average molecular weight is 338 g/mol. The van der Waals surface area contributed by atoms with E-state index in [0.717, 1.165) is 11.8 Å². The van der Waals surface area contributed by atoms with Crippen LogP contribution in [0.25, 0.3) is 0 Å². The quantitative estimate of drug-likeness (QED) is 0.662. The maximum atomic E-state index is 4.20. The van der Waals surface area contributed by atoms with Gasteiger partial charge in [0.2, 0.25) is 0 Å². The average Bonchev–Trinajstić information content (AvgIpc) is 1.99. The summed E-state index contributed by atoms with van der Waals surface area (Å²) in [6.45, 7) is 14.8. The second-order valence-corrected chi connectivity index (χ2v) is 3.97. The summed E-state index contributed by atoms with van der Waals surface area (Å²) in [4.78, 5) is 2.52. The minimum Gasteiger partial charge on any atom is -0.340 e. The second-order valence-electron chi connectivity index (χ2n) is 3.97. The van der Waals surface area contributed by atoms with E-state index in [1.54, 1.807) is 0 Å². The summed E-state index contributed by atoms with van der Waals surface area (Å²) in [7, 11) is 0. The number of hydrogen-bond donors (Lipinski definition) is 0. The van der Waals surface area contributed by atoms with Crippen LogP contribution in [0.3, 0.4) is 0 Å². The summed E-state index contributed by atoms with van der Waals surface area (Å²) in [5, 5.41) is 0. The molecule has 0 aliphatic carbocycles. The van der Waals surface area contributed by atoms with E-state index in [1.807, 2.05) is 0 Å². The van der Waals surface area contributed by atoms with E-state index >= 15 is 0 Å². The van der Waals surface area contributed by atoms with Crippen LogP contribution >= 0.6 is 0 Å². The van der Waals surface area contributed by atoms with Crippen LogP contribution in [-0.4, -0.2) is 24.5 Å². The summed E-state index contributed by atoms with van der Waals surface area (Å²) in [6.07, 6.45) is 0. The number of piperidine rings is 1. The van der Waals surface area contributed by atoms with Gasteiger partial charge in [0.1, 0.15) is 0 Å². The molecule has 1 nitrogen and oxygen atoms in total. The smallest absolute Gasteiger partial charge is 0.340 e. The van der Waals surface area contributed by atoms with Gasteiger partial charge in [-0.1, -0.05) is 32.6 Å². The first-order chi connectivity index (χ1) is 5.15. The standard InChI is InChI=1S/C10H20N.W/c1-5-11-6-8(2)10(4)9(3)7-11;/h8-10H,4-7H2,1-3H3;/q-1;+2. The Kier molecular flexibility index (Phi) is 5.69. The molecule has 1 saturated heterocycles. The van der Waals surface area contributed by atoms with Crippen LogP contribution in [0.15, 0.2) is 0 Å². The monoisotopic (exact) mass is 338 g/mol. The molecule has 0 bridgehead atoms. The van der Waals surface area contributed by atoms with Crippen molar-refractivity contribution in [1.82, 2.24) is 4.90 Å². The maximum Gasteiger partial charge on any atom is 2.00 e. The molecule has 2 heteroatoms. The Morgan fingerprint density at radius 3 is 2.00 bits per heavy atom. The number of nitrogens with zero attached hydrogens (tertiary/aromatic N) is 1. The normalized spacial score (nSPS) is 37.5. The van der Waals surface area contributed by atoms with E-state index in [2.05, 4.69) is 32.6 Å². The fourth-order valence-corrected chi connectivity index (χ4v) is 1.98. The van der Waals surface area contributed by atoms with Crippen molar-refractivity contribution in [3.05, 3.63) is 6.92 Å². The third kappa shape index (κ3) is 2.85. The van der Waals surface area contributed by atoms with Crippen LogP contribution in [0.1, 0.15) is 20.8 Å². The van der Waals surface area contributed by atoms with Crippen LogP contribution in [0.5, 0.6) is 0 Å². The summed E-state index contributed by atoms with van der Waals surface area (Å²) >= 11 is 0. The second kappa shape index (κ2) is 5.39. The van der Waals surface area contributed by atoms with E-state index in [1.165, 1.54) is 19.6 Å². The largest absolute Gasteiger partial charge is 2.00 e. The Labute approximate surface area is 91.2 Å². The van der Waals surface area contributed by atoms with Crippen molar-refractivity contribution < 1.29 is 21.1 Å². The Hall–Kier alpha value is 0.648. The molecule has 1 aliphatic rings. The van der Waals surface area contributed by atoms with Gasteiger partial charge in [-0.3, -0.25) is 0 Å². The van der Waals surface area contributed by atoms with Gasteiger partial charge in [-0.25, -0.2) is 0 Å². The number of likely N-dealkylation sites (tertiary alicyclic amines) is 1. The summed E-state index contributed by atoms with van der Waals surface area (Å²) in [5.74, 6) is 2.22. The fourth-order valence-electron chi connectivity index (χ4n) is 1.98. The molecule has 1 fully saturated rings. The van der Waals surface area contributed by atoms with E-state index in [4.69, 9.17) is 0 Å². The Bertz CT molecular complexity index is 115. The van der Waals surface area contributed by atoms with E-state index < -0.39 is 0 Å².